The van der Waals surface area contributed by atoms with E-state index in [0.29, 0.717) is 19.8 Å². The van der Waals surface area contributed by atoms with Gasteiger partial charge in [-0.05, 0) is 12.8 Å². The molecule has 1 unspecified atom stereocenters. The van der Waals surface area contributed by atoms with Crippen molar-refractivity contribution in [1.82, 2.24) is 16.0 Å². The molecule has 116 valence electrons. The molecule has 2 rings (SSSR count). The Morgan fingerprint density at radius 2 is 1.95 bits per heavy atom. The molecule has 0 aromatic heterocycles. The molecule has 2 amide bonds. The van der Waals surface area contributed by atoms with Crippen molar-refractivity contribution in [3.8, 4) is 0 Å². The predicted octanol–water partition coefficient (Wildman–Crippen LogP) is -0.0383. The van der Waals surface area contributed by atoms with Crippen molar-refractivity contribution in [2.75, 3.05) is 26.3 Å². The standard InChI is InChI=1S/C13H23N3O3.ClH/c17-12(16-10-4-2-1-3-5-10)8-15-13(18)11-9-19-7-6-14-11;/h10-11,14H,1-9H2,(H,15,18)(H,16,17);1H. The van der Waals surface area contributed by atoms with Gasteiger partial charge in [0.05, 0.1) is 19.8 Å². The molecule has 0 aromatic carbocycles. The highest BCUT2D eigenvalue weighted by Crippen LogP contribution is 2.17. The molecule has 2 aliphatic rings. The smallest absolute Gasteiger partial charge is 0.239 e. The summed E-state index contributed by atoms with van der Waals surface area (Å²) in [6.45, 7) is 1.72. The highest BCUT2D eigenvalue weighted by atomic mass is 35.5. The van der Waals surface area contributed by atoms with Crippen LogP contribution in [0, 0.1) is 0 Å². The van der Waals surface area contributed by atoms with E-state index in [9.17, 15) is 9.59 Å². The van der Waals surface area contributed by atoms with Crippen molar-refractivity contribution in [3.05, 3.63) is 0 Å². The normalized spacial score (nSPS) is 23.5. The molecule has 1 saturated heterocycles. The van der Waals surface area contributed by atoms with Crippen LogP contribution in [-0.4, -0.2) is 50.2 Å². The van der Waals surface area contributed by atoms with Crippen molar-refractivity contribution < 1.29 is 14.3 Å². The number of carbonyl (C=O) groups is 2. The molecule has 2 fully saturated rings. The largest absolute Gasteiger partial charge is 0.378 e. The van der Waals surface area contributed by atoms with Gasteiger partial charge in [-0.3, -0.25) is 9.59 Å². The van der Waals surface area contributed by atoms with Gasteiger partial charge in [-0.2, -0.15) is 0 Å². The van der Waals surface area contributed by atoms with E-state index in [1.165, 1.54) is 19.3 Å². The highest BCUT2D eigenvalue weighted by molar-refractivity contribution is 5.87. The maximum atomic E-state index is 11.8. The van der Waals surface area contributed by atoms with E-state index in [-0.39, 0.29) is 42.8 Å². The number of carbonyl (C=O) groups excluding carboxylic acids is 2. The third kappa shape index (κ3) is 5.64. The third-order valence-electron chi connectivity index (χ3n) is 3.63. The number of morpholine rings is 1. The van der Waals surface area contributed by atoms with Gasteiger partial charge >= 0.3 is 0 Å². The van der Waals surface area contributed by atoms with Gasteiger partial charge in [0, 0.05) is 12.6 Å². The minimum absolute atomic E-state index is 0. The molecule has 7 heteroatoms. The molecule has 3 N–H and O–H groups in total. The summed E-state index contributed by atoms with van der Waals surface area (Å²) < 4.78 is 5.21. The molecule has 0 spiro atoms. The van der Waals surface area contributed by atoms with Crippen LogP contribution in [0.3, 0.4) is 0 Å². The average Bonchev–Trinajstić information content (AvgIpc) is 2.47. The van der Waals surface area contributed by atoms with Crippen LogP contribution >= 0.6 is 12.4 Å². The summed E-state index contributed by atoms with van der Waals surface area (Å²) in [6.07, 6.45) is 5.73. The summed E-state index contributed by atoms with van der Waals surface area (Å²) in [6, 6.07) is -0.0504. The van der Waals surface area contributed by atoms with Crippen LogP contribution < -0.4 is 16.0 Å². The lowest BCUT2D eigenvalue weighted by atomic mass is 9.95. The van der Waals surface area contributed by atoms with Crippen LogP contribution in [0.15, 0.2) is 0 Å². The number of hydrogen-bond acceptors (Lipinski definition) is 4. The van der Waals surface area contributed by atoms with Crippen molar-refractivity contribution in [1.29, 1.82) is 0 Å². The summed E-state index contributed by atoms with van der Waals surface area (Å²) >= 11 is 0. The first kappa shape index (κ1) is 17.2. The Labute approximate surface area is 125 Å². The van der Waals surface area contributed by atoms with Crippen molar-refractivity contribution >= 4 is 24.2 Å². The minimum Gasteiger partial charge on any atom is -0.378 e. The zero-order valence-corrected chi connectivity index (χ0v) is 12.5. The van der Waals surface area contributed by atoms with E-state index in [1.54, 1.807) is 0 Å². The number of rotatable bonds is 4. The Kier molecular flexibility index (Phi) is 7.87. The molecule has 0 radical (unpaired) electrons. The molecule has 20 heavy (non-hydrogen) atoms. The van der Waals surface area contributed by atoms with E-state index >= 15 is 0 Å². The predicted molar refractivity (Wildman–Crippen MR) is 77.9 cm³/mol. The number of nitrogens with one attached hydrogen (secondary N) is 3. The molecular weight excluding hydrogens is 282 g/mol. The van der Waals surface area contributed by atoms with Gasteiger partial charge in [0.15, 0.2) is 0 Å². The highest BCUT2D eigenvalue weighted by Gasteiger charge is 2.22. The van der Waals surface area contributed by atoms with Crippen LogP contribution in [0.2, 0.25) is 0 Å². The second-order valence-electron chi connectivity index (χ2n) is 5.20. The van der Waals surface area contributed by atoms with Gasteiger partial charge in [-0.25, -0.2) is 0 Å². The quantitative estimate of drug-likeness (QED) is 0.681. The van der Waals surface area contributed by atoms with Crippen LogP contribution in [0.1, 0.15) is 32.1 Å². The first-order valence-corrected chi connectivity index (χ1v) is 7.14. The Balaban J connectivity index is 0.00000200. The summed E-state index contributed by atoms with van der Waals surface area (Å²) in [4.78, 5) is 23.5. The Morgan fingerprint density at radius 1 is 1.20 bits per heavy atom. The minimum atomic E-state index is -0.337. The van der Waals surface area contributed by atoms with Gasteiger partial charge in [0.1, 0.15) is 6.04 Å². The van der Waals surface area contributed by atoms with E-state index in [1.807, 2.05) is 0 Å². The van der Waals surface area contributed by atoms with Crippen molar-refractivity contribution in [2.45, 2.75) is 44.2 Å². The van der Waals surface area contributed by atoms with Gasteiger partial charge in [-0.1, -0.05) is 19.3 Å². The summed E-state index contributed by atoms with van der Waals surface area (Å²) in [7, 11) is 0. The van der Waals surface area contributed by atoms with Crippen molar-refractivity contribution in [3.63, 3.8) is 0 Å². The molecule has 6 nitrogen and oxygen atoms in total. The van der Waals surface area contributed by atoms with E-state index < -0.39 is 0 Å². The number of hydrogen-bond donors (Lipinski definition) is 3. The molecule has 1 aliphatic carbocycles. The molecule has 1 heterocycles. The third-order valence-corrected chi connectivity index (χ3v) is 3.63. The molecule has 0 aromatic rings. The first-order valence-electron chi connectivity index (χ1n) is 7.14. The fourth-order valence-corrected chi connectivity index (χ4v) is 2.55. The number of amides is 2. The van der Waals surface area contributed by atoms with E-state index in [2.05, 4.69) is 16.0 Å². The van der Waals surface area contributed by atoms with Crippen LogP contribution in [-0.2, 0) is 14.3 Å². The summed E-state index contributed by atoms with van der Waals surface area (Å²) in [5.41, 5.74) is 0. The van der Waals surface area contributed by atoms with Gasteiger partial charge in [-0.15, -0.1) is 12.4 Å². The fraction of sp³-hybridized carbons (Fsp3) is 0.846. The molecular formula is C13H24ClN3O3. The number of ether oxygens (including phenoxy) is 1. The van der Waals surface area contributed by atoms with Gasteiger partial charge < -0.3 is 20.7 Å². The first-order chi connectivity index (χ1) is 9.25. The van der Waals surface area contributed by atoms with Crippen LogP contribution in [0.4, 0.5) is 0 Å². The monoisotopic (exact) mass is 305 g/mol. The molecule has 0 bridgehead atoms. The second kappa shape index (κ2) is 9.15. The van der Waals surface area contributed by atoms with Gasteiger partial charge in [0.2, 0.25) is 11.8 Å². The molecule has 1 aliphatic heterocycles. The average molecular weight is 306 g/mol. The van der Waals surface area contributed by atoms with E-state index in [0.717, 1.165) is 12.8 Å². The topological polar surface area (TPSA) is 79.5 Å². The summed E-state index contributed by atoms with van der Waals surface area (Å²) in [5, 5.41) is 8.68. The number of halogens is 1. The maximum absolute atomic E-state index is 11.8. The van der Waals surface area contributed by atoms with E-state index in [4.69, 9.17) is 4.74 Å². The lowest BCUT2D eigenvalue weighted by Crippen LogP contribution is -2.53. The lowest BCUT2D eigenvalue weighted by Gasteiger charge is -2.24. The summed E-state index contributed by atoms with van der Waals surface area (Å²) in [5.74, 6) is -0.268. The fourth-order valence-electron chi connectivity index (χ4n) is 2.55. The lowest BCUT2D eigenvalue weighted by molar-refractivity contribution is -0.129. The Hall–Kier alpha value is -0.850. The van der Waals surface area contributed by atoms with Crippen LogP contribution in [0.5, 0.6) is 0 Å². The molecule has 1 saturated carbocycles. The SMILES string of the molecule is Cl.O=C(CNC(=O)C1COCCN1)NC1CCCCC1. The Morgan fingerprint density at radius 3 is 2.60 bits per heavy atom. The Bertz CT molecular complexity index is 316. The van der Waals surface area contributed by atoms with Gasteiger partial charge in [0.25, 0.3) is 0 Å². The van der Waals surface area contributed by atoms with Crippen molar-refractivity contribution in [2.24, 2.45) is 0 Å². The maximum Gasteiger partial charge on any atom is 0.239 e. The zero-order chi connectivity index (χ0) is 13.5. The van der Waals surface area contributed by atoms with Crippen LogP contribution in [0.25, 0.3) is 0 Å². The second-order valence-corrected chi connectivity index (χ2v) is 5.20. The molecule has 1 atom stereocenters. The zero-order valence-electron chi connectivity index (χ0n) is 11.7.